The van der Waals surface area contributed by atoms with Gasteiger partial charge >= 0.3 is 5.97 Å². The number of hydrogen-bond acceptors (Lipinski definition) is 3. The van der Waals surface area contributed by atoms with Gasteiger partial charge in [0, 0.05) is 19.6 Å². The number of aryl methyl sites for hydroxylation is 2. The van der Waals surface area contributed by atoms with E-state index in [0.29, 0.717) is 19.7 Å². The van der Waals surface area contributed by atoms with Crippen LogP contribution in [-0.4, -0.2) is 35.7 Å². The zero-order valence-electron chi connectivity index (χ0n) is 21.5. The van der Waals surface area contributed by atoms with Crippen molar-refractivity contribution in [2.75, 3.05) is 19.7 Å². The molecule has 0 radical (unpaired) electrons. The maximum Gasteiger partial charge on any atom is 0.309 e. The summed E-state index contributed by atoms with van der Waals surface area (Å²) in [4.78, 5) is 13.1. The molecule has 1 atom stereocenters. The molecule has 4 rings (SSSR count). The lowest BCUT2D eigenvalue weighted by Gasteiger charge is -2.36. The van der Waals surface area contributed by atoms with Crippen molar-refractivity contribution in [3.8, 4) is 5.75 Å². The van der Waals surface area contributed by atoms with E-state index in [9.17, 15) is 9.18 Å². The first kappa shape index (κ1) is 25.9. The van der Waals surface area contributed by atoms with Gasteiger partial charge in [0.05, 0.1) is 12.5 Å². The third-order valence-corrected chi connectivity index (χ3v) is 7.40. The lowest BCUT2D eigenvalue weighted by atomic mass is 9.85. The van der Waals surface area contributed by atoms with Crippen molar-refractivity contribution in [2.45, 2.75) is 52.5 Å². The molecule has 36 heavy (non-hydrogen) atoms. The van der Waals surface area contributed by atoms with Crippen molar-refractivity contribution >= 4 is 5.97 Å². The summed E-state index contributed by atoms with van der Waals surface area (Å²) in [5.74, 6) is -0.0367. The highest BCUT2D eigenvalue weighted by atomic mass is 19.1. The zero-order valence-corrected chi connectivity index (χ0v) is 21.5. The molecule has 3 aromatic rings. The summed E-state index contributed by atoms with van der Waals surface area (Å²) in [5.41, 5.74) is 6.81. The van der Waals surface area contributed by atoms with Gasteiger partial charge in [0.1, 0.15) is 11.6 Å². The Bertz CT molecular complexity index is 1180. The van der Waals surface area contributed by atoms with Crippen molar-refractivity contribution in [1.29, 1.82) is 0 Å². The molecule has 1 saturated heterocycles. The number of benzene rings is 3. The quantitative estimate of drug-likeness (QED) is 0.314. The summed E-state index contributed by atoms with van der Waals surface area (Å²) in [6.45, 7) is 8.72. The van der Waals surface area contributed by atoms with Crippen LogP contribution in [0.3, 0.4) is 0 Å². The van der Waals surface area contributed by atoms with Crippen LogP contribution < -0.4 is 4.74 Å². The SMILES string of the molecule is Cc1ccc(CC(CCCOc2ccc(CN3CC(C(=O)O)C3)cc2)c2cccc(F)c2C)cc1C. The van der Waals surface area contributed by atoms with Crippen LogP contribution in [0, 0.1) is 32.5 Å². The van der Waals surface area contributed by atoms with E-state index in [1.165, 1.54) is 22.8 Å². The van der Waals surface area contributed by atoms with Gasteiger partial charge < -0.3 is 9.84 Å². The molecule has 1 unspecified atom stereocenters. The number of rotatable bonds is 11. The van der Waals surface area contributed by atoms with E-state index in [1.54, 1.807) is 0 Å². The molecule has 1 N–H and O–H groups in total. The third kappa shape index (κ3) is 6.52. The van der Waals surface area contributed by atoms with Gasteiger partial charge in [-0.25, -0.2) is 4.39 Å². The molecule has 0 saturated carbocycles. The maximum atomic E-state index is 14.3. The number of likely N-dealkylation sites (tertiary alicyclic amines) is 1. The standard InChI is InChI=1S/C31H36FNO3/c1-21-9-10-25(16-22(21)2)17-26(29-7-4-8-30(32)23(29)3)6-5-15-36-28-13-11-24(12-14-28)18-33-19-27(20-33)31(34)35/h4,7-14,16,26-27H,5-6,15,17-20H2,1-3H3,(H,34,35). The summed E-state index contributed by atoms with van der Waals surface area (Å²) in [6, 6.07) is 20.0. The topological polar surface area (TPSA) is 49.8 Å². The fraction of sp³-hybridized carbons (Fsp3) is 0.387. The summed E-state index contributed by atoms with van der Waals surface area (Å²) in [5, 5.41) is 9.02. The Morgan fingerprint density at radius 2 is 1.75 bits per heavy atom. The van der Waals surface area contributed by atoms with Gasteiger partial charge in [0.2, 0.25) is 0 Å². The lowest BCUT2D eigenvalue weighted by Crippen LogP contribution is -2.49. The monoisotopic (exact) mass is 489 g/mol. The van der Waals surface area contributed by atoms with E-state index in [0.717, 1.165) is 48.2 Å². The van der Waals surface area contributed by atoms with Crippen molar-refractivity contribution in [1.82, 2.24) is 4.90 Å². The Balaban J connectivity index is 1.31. The number of carboxylic acids is 1. The zero-order chi connectivity index (χ0) is 25.7. The molecule has 1 aliphatic heterocycles. The van der Waals surface area contributed by atoms with Crippen LogP contribution in [0.2, 0.25) is 0 Å². The molecule has 1 fully saturated rings. The summed E-state index contributed by atoms with van der Waals surface area (Å²) < 4.78 is 20.4. The van der Waals surface area contributed by atoms with E-state index in [1.807, 2.05) is 37.3 Å². The van der Waals surface area contributed by atoms with E-state index in [4.69, 9.17) is 9.84 Å². The van der Waals surface area contributed by atoms with Gasteiger partial charge in [-0.05, 0) is 97.5 Å². The first-order valence-corrected chi connectivity index (χ1v) is 12.8. The second-order valence-electron chi connectivity index (χ2n) is 10.1. The molecule has 0 spiro atoms. The first-order valence-electron chi connectivity index (χ1n) is 12.8. The summed E-state index contributed by atoms with van der Waals surface area (Å²) in [6.07, 6.45) is 2.66. The molecule has 0 amide bonds. The highest BCUT2D eigenvalue weighted by Gasteiger charge is 2.32. The van der Waals surface area contributed by atoms with Gasteiger partial charge in [-0.1, -0.05) is 42.5 Å². The van der Waals surface area contributed by atoms with Gasteiger partial charge in [-0.2, -0.15) is 0 Å². The molecule has 4 nitrogen and oxygen atoms in total. The summed E-state index contributed by atoms with van der Waals surface area (Å²) >= 11 is 0. The number of hydrogen-bond donors (Lipinski definition) is 1. The molecule has 0 bridgehead atoms. The molecule has 0 aliphatic carbocycles. The van der Waals surface area contributed by atoms with E-state index in [2.05, 4.69) is 43.0 Å². The minimum Gasteiger partial charge on any atom is -0.494 e. The Kier molecular flexibility index (Phi) is 8.42. The number of halogens is 1. The van der Waals surface area contributed by atoms with E-state index in [-0.39, 0.29) is 17.7 Å². The number of aliphatic carboxylic acids is 1. The largest absolute Gasteiger partial charge is 0.494 e. The molecule has 190 valence electrons. The summed E-state index contributed by atoms with van der Waals surface area (Å²) in [7, 11) is 0. The minimum absolute atomic E-state index is 0.148. The van der Waals surface area contributed by atoms with Crippen LogP contribution in [0.15, 0.2) is 60.7 Å². The normalized spacial score (nSPS) is 14.9. The number of carboxylic acid groups (broad SMARTS) is 1. The van der Waals surface area contributed by atoms with Crippen LogP contribution in [0.25, 0.3) is 0 Å². The van der Waals surface area contributed by atoms with Crippen LogP contribution >= 0.6 is 0 Å². The molecular formula is C31H36FNO3. The van der Waals surface area contributed by atoms with E-state index >= 15 is 0 Å². The first-order chi connectivity index (χ1) is 17.3. The molecule has 5 heteroatoms. The maximum absolute atomic E-state index is 14.3. The average molecular weight is 490 g/mol. The van der Waals surface area contributed by atoms with Gasteiger partial charge in [-0.15, -0.1) is 0 Å². The Morgan fingerprint density at radius 1 is 1.03 bits per heavy atom. The molecule has 0 aromatic heterocycles. The van der Waals surface area contributed by atoms with Crippen molar-refractivity contribution < 1.29 is 19.0 Å². The molecular weight excluding hydrogens is 453 g/mol. The van der Waals surface area contributed by atoms with Crippen LogP contribution in [0.4, 0.5) is 4.39 Å². The fourth-order valence-electron chi connectivity index (χ4n) is 4.97. The van der Waals surface area contributed by atoms with Gasteiger partial charge in [0.15, 0.2) is 0 Å². The smallest absolute Gasteiger partial charge is 0.309 e. The van der Waals surface area contributed by atoms with Crippen LogP contribution in [0.5, 0.6) is 5.75 Å². The lowest BCUT2D eigenvalue weighted by molar-refractivity contribution is -0.147. The highest BCUT2D eigenvalue weighted by Crippen LogP contribution is 2.30. The average Bonchev–Trinajstić information content (AvgIpc) is 2.83. The highest BCUT2D eigenvalue weighted by molar-refractivity contribution is 5.71. The van der Waals surface area contributed by atoms with Gasteiger partial charge in [0.25, 0.3) is 0 Å². The van der Waals surface area contributed by atoms with Crippen molar-refractivity contribution in [3.05, 3.63) is 99.9 Å². The van der Waals surface area contributed by atoms with Crippen molar-refractivity contribution in [2.24, 2.45) is 5.92 Å². The minimum atomic E-state index is -0.709. The molecule has 1 heterocycles. The van der Waals surface area contributed by atoms with E-state index < -0.39 is 5.97 Å². The second-order valence-corrected chi connectivity index (χ2v) is 10.1. The number of nitrogens with zero attached hydrogens (tertiary/aromatic N) is 1. The third-order valence-electron chi connectivity index (χ3n) is 7.40. The Morgan fingerprint density at radius 3 is 2.44 bits per heavy atom. The number of carbonyl (C=O) groups is 1. The van der Waals surface area contributed by atoms with Crippen LogP contribution in [-0.2, 0) is 17.8 Å². The Labute approximate surface area is 213 Å². The predicted octanol–water partition coefficient (Wildman–Crippen LogP) is 6.45. The molecule has 1 aliphatic rings. The Hall–Kier alpha value is -3.18. The molecule has 3 aromatic carbocycles. The van der Waals surface area contributed by atoms with Crippen LogP contribution in [0.1, 0.15) is 52.1 Å². The number of ether oxygens (including phenoxy) is 1. The second kappa shape index (κ2) is 11.7. The predicted molar refractivity (Wildman–Crippen MR) is 141 cm³/mol. The fourth-order valence-corrected chi connectivity index (χ4v) is 4.97. The van der Waals surface area contributed by atoms with Crippen molar-refractivity contribution in [3.63, 3.8) is 0 Å². The van der Waals surface area contributed by atoms with Gasteiger partial charge in [-0.3, -0.25) is 9.69 Å².